The first kappa shape index (κ1) is 10.8. The molecule has 18 heavy (non-hydrogen) atoms. The van der Waals surface area contributed by atoms with Gasteiger partial charge in [-0.3, -0.25) is 0 Å². The highest BCUT2D eigenvalue weighted by molar-refractivity contribution is 5.75. The molecule has 0 atom stereocenters. The van der Waals surface area contributed by atoms with Crippen molar-refractivity contribution in [3.63, 3.8) is 0 Å². The van der Waals surface area contributed by atoms with Crippen LogP contribution in [0.4, 0.5) is 0 Å². The second kappa shape index (κ2) is 4.50. The third-order valence-corrected chi connectivity index (χ3v) is 2.61. The van der Waals surface area contributed by atoms with Gasteiger partial charge in [-0.2, -0.15) is 4.68 Å². The van der Waals surface area contributed by atoms with Gasteiger partial charge in [0.05, 0.1) is 5.52 Å². The van der Waals surface area contributed by atoms with Crippen LogP contribution in [-0.2, 0) is 6.54 Å². The van der Waals surface area contributed by atoms with Gasteiger partial charge >= 0.3 is 0 Å². The molecule has 2 heterocycles. The molecule has 6 heteroatoms. The van der Waals surface area contributed by atoms with Crippen LogP contribution in [0.5, 0.6) is 0 Å². The van der Waals surface area contributed by atoms with Crippen LogP contribution < -0.4 is 5.32 Å². The van der Waals surface area contributed by atoms with Gasteiger partial charge in [0, 0.05) is 24.5 Å². The maximum Gasteiger partial charge on any atom is 0.252 e. The quantitative estimate of drug-likeness (QED) is 0.737. The monoisotopic (exact) mass is 240 g/mol. The van der Waals surface area contributed by atoms with Gasteiger partial charge in [-0.05, 0) is 19.2 Å². The summed E-state index contributed by atoms with van der Waals surface area (Å²) >= 11 is 0. The molecule has 0 aliphatic carbocycles. The predicted molar refractivity (Wildman–Crippen MR) is 67.2 cm³/mol. The second-order valence-corrected chi connectivity index (χ2v) is 3.91. The minimum Gasteiger partial charge on any atom is -0.316 e. The Morgan fingerprint density at radius 1 is 1.17 bits per heavy atom. The summed E-state index contributed by atoms with van der Waals surface area (Å²) in [6, 6.07) is 7.73. The lowest BCUT2D eigenvalue weighted by Crippen LogP contribution is -2.08. The average molecular weight is 240 g/mol. The number of para-hydroxylation sites is 1. The van der Waals surface area contributed by atoms with Crippen molar-refractivity contribution < 1.29 is 0 Å². The van der Waals surface area contributed by atoms with Crippen LogP contribution in [-0.4, -0.2) is 32.0 Å². The molecule has 3 aromatic rings. The maximum absolute atomic E-state index is 4.30. The zero-order valence-electron chi connectivity index (χ0n) is 9.91. The number of hydrogen-bond acceptors (Lipinski definition) is 5. The largest absolute Gasteiger partial charge is 0.316 e. The first-order valence-corrected chi connectivity index (χ1v) is 5.65. The molecule has 0 aliphatic heterocycles. The molecule has 0 spiro atoms. The Labute approximate surface area is 104 Å². The molecule has 3 rings (SSSR count). The van der Waals surface area contributed by atoms with Gasteiger partial charge in [0.2, 0.25) is 0 Å². The lowest BCUT2D eigenvalue weighted by atomic mass is 10.3. The van der Waals surface area contributed by atoms with Gasteiger partial charge in [0.1, 0.15) is 5.52 Å². The summed E-state index contributed by atoms with van der Waals surface area (Å²) in [4.78, 5) is 8.60. The number of benzene rings is 1. The molecule has 0 amide bonds. The van der Waals surface area contributed by atoms with Gasteiger partial charge < -0.3 is 5.32 Å². The molecule has 0 unspecified atom stereocenters. The molecule has 2 aromatic heterocycles. The van der Waals surface area contributed by atoms with Crippen molar-refractivity contribution >= 4 is 11.0 Å². The molecule has 0 radical (unpaired) electrons. The molecule has 1 N–H and O–H groups in total. The van der Waals surface area contributed by atoms with E-state index in [1.165, 1.54) is 0 Å². The van der Waals surface area contributed by atoms with E-state index in [9.17, 15) is 0 Å². The first-order chi connectivity index (χ1) is 8.88. The Morgan fingerprint density at radius 2 is 1.94 bits per heavy atom. The van der Waals surface area contributed by atoms with E-state index in [-0.39, 0.29) is 0 Å². The molecular weight excluding hydrogens is 228 g/mol. The number of rotatable bonds is 3. The van der Waals surface area contributed by atoms with Crippen LogP contribution in [0.2, 0.25) is 0 Å². The number of aromatic nitrogens is 5. The lowest BCUT2D eigenvalue weighted by molar-refractivity contribution is 0.757. The van der Waals surface area contributed by atoms with Crippen molar-refractivity contribution in [2.75, 3.05) is 7.05 Å². The van der Waals surface area contributed by atoms with Crippen LogP contribution in [0.1, 0.15) is 5.56 Å². The third kappa shape index (κ3) is 1.82. The molecule has 0 bridgehead atoms. The fourth-order valence-corrected chi connectivity index (χ4v) is 1.77. The highest BCUT2D eigenvalue weighted by Gasteiger charge is 2.07. The number of fused-ring (bicyclic) bond motifs is 1. The zero-order chi connectivity index (χ0) is 12.4. The van der Waals surface area contributed by atoms with E-state index >= 15 is 0 Å². The van der Waals surface area contributed by atoms with E-state index in [1.807, 2.05) is 31.3 Å². The normalized spacial score (nSPS) is 10.9. The third-order valence-electron chi connectivity index (χ3n) is 2.61. The number of hydrogen-bond donors (Lipinski definition) is 1. The molecule has 0 aliphatic rings. The van der Waals surface area contributed by atoms with Crippen LogP contribution in [0, 0.1) is 0 Å². The van der Waals surface area contributed by atoms with Crippen molar-refractivity contribution in [1.82, 2.24) is 30.3 Å². The van der Waals surface area contributed by atoms with Crippen LogP contribution in [0.25, 0.3) is 17.0 Å². The number of nitrogens with zero attached hydrogens (tertiary/aromatic N) is 5. The van der Waals surface area contributed by atoms with Crippen molar-refractivity contribution in [3.8, 4) is 5.95 Å². The Kier molecular flexibility index (Phi) is 2.70. The fraction of sp³-hybridized carbons (Fsp3) is 0.167. The van der Waals surface area contributed by atoms with Crippen molar-refractivity contribution in [1.29, 1.82) is 0 Å². The Morgan fingerprint density at radius 3 is 2.72 bits per heavy atom. The van der Waals surface area contributed by atoms with Crippen LogP contribution in [0.3, 0.4) is 0 Å². The van der Waals surface area contributed by atoms with E-state index in [0.29, 0.717) is 5.95 Å². The van der Waals surface area contributed by atoms with Gasteiger partial charge in [0.25, 0.3) is 5.95 Å². The summed E-state index contributed by atoms with van der Waals surface area (Å²) in [5.41, 5.74) is 2.77. The van der Waals surface area contributed by atoms with Crippen LogP contribution in [0.15, 0.2) is 36.7 Å². The molecular formula is C12H12N6. The molecule has 90 valence electrons. The maximum atomic E-state index is 4.30. The Bertz CT molecular complexity index is 658. The Hall–Kier alpha value is -2.34. The standard InChI is InChI=1S/C12H12N6/c1-13-6-9-7-14-12(15-8-9)18-11-5-3-2-4-10(11)16-17-18/h2-5,7-8,13H,6H2,1H3. The summed E-state index contributed by atoms with van der Waals surface area (Å²) < 4.78 is 1.64. The summed E-state index contributed by atoms with van der Waals surface area (Å²) in [5.74, 6) is 0.531. The summed E-state index contributed by atoms with van der Waals surface area (Å²) in [7, 11) is 1.89. The summed E-state index contributed by atoms with van der Waals surface area (Å²) in [6.07, 6.45) is 3.57. The van der Waals surface area contributed by atoms with E-state index in [2.05, 4.69) is 25.6 Å². The van der Waals surface area contributed by atoms with Crippen LogP contribution >= 0.6 is 0 Å². The predicted octanol–water partition coefficient (Wildman–Crippen LogP) is 0.930. The zero-order valence-corrected chi connectivity index (χ0v) is 9.91. The average Bonchev–Trinajstić information content (AvgIpc) is 2.84. The smallest absolute Gasteiger partial charge is 0.252 e. The SMILES string of the molecule is CNCc1cnc(-n2nnc3ccccc32)nc1. The molecule has 0 fully saturated rings. The minimum atomic E-state index is 0.531. The van der Waals surface area contributed by atoms with Gasteiger partial charge in [-0.1, -0.05) is 17.3 Å². The highest BCUT2D eigenvalue weighted by Crippen LogP contribution is 2.12. The van der Waals surface area contributed by atoms with E-state index in [1.54, 1.807) is 17.1 Å². The summed E-state index contributed by atoms with van der Waals surface area (Å²) in [6.45, 7) is 0.748. The van der Waals surface area contributed by atoms with E-state index < -0.39 is 0 Å². The Balaban J connectivity index is 2.03. The molecule has 0 saturated heterocycles. The highest BCUT2D eigenvalue weighted by atomic mass is 15.5. The topological polar surface area (TPSA) is 68.5 Å². The van der Waals surface area contributed by atoms with Crippen molar-refractivity contribution in [3.05, 3.63) is 42.2 Å². The first-order valence-electron chi connectivity index (χ1n) is 5.65. The molecule has 1 aromatic carbocycles. The summed E-state index contributed by atoms with van der Waals surface area (Å²) in [5, 5.41) is 11.2. The van der Waals surface area contributed by atoms with E-state index in [0.717, 1.165) is 23.1 Å². The van der Waals surface area contributed by atoms with Gasteiger partial charge in [0.15, 0.2) is 0 Å². The van der Waals surface area contributed by atoms with Gasteiger partial charge in [-0.25, -0.2) is 9.97 Å². The second-order valence-electron chi connectivity index (χ2n) is 3.91. The van der Waals surface area contributed by atoms with Crippen molar-refractivity contribution in [2.45, 2.75) is 6.54 Å². The molecule has 6 nitrogen and oxygen atoms in total. The van der Waals surface area contributed by atoms with Crippen molar-refractivity contribution in [2.24, 2.45) is 0 Å². The molecule has 0 saturated carbocycles. The lowest BCUT2D eigenvalue weighted by Gasteiger charge is -2.02. The van der Waals surface area contributed by atoms with E-state index in [4.69, 9.17) is 0 Å². The van der Waals surface area contributed by atoms with Gasteiger partial charge in [-0.15, -0.1) is 5.10 Å². The fourth-order valence-electron chi connectivity index (χ4n) is 1.77. The number of nitrogens with one attached hydrogen (secondary N) is 1. The minimum absolute atomic E-state index is 0.531.